The van der Waals surface area contributed by atoms with Crippen molar-refractivity contribution in [3.8, 4) is 0 Å². The Labute approximate surface area is 106 Å². The Morgan fingerprint density at radius 2 is 2.33 bits per heavy atom. The third-order valence-corrected chi connectivity index (χ3v) is 4.13. The van der Waals surface area contributed by atoms with Gasteiger partial charge in [0.25, 0.3) is 10.0 Å². The first-order valence-electron chi connectivity index (χ1n) is 4.65. The van der Waals surface area contributed by atoms with E-state index in [1.807, 2.05) is 0 Å². The van der Waals surface area contributed by atoms with Gasteiger partial charge < -0.3 is 5.11 Å². The highest BCUT2D eigenvalue weighted by molar-refractivity contribution is 7.93. The Kier molecular flexibility index (Phi) is 3.30. The molecule has 0 atom stereocenters. The maximum atomic E-state index is 11.8. The summed E-state index contributed by atoms with van der Waals surface area (Å²) in [5.74, 6) is -1.02. The highest BCUT2D eigenvalue weighted by Gasteiger charge is 2.17. The lowest BCUT2D eigenvalue weighted by molar-refractivity contribution is -0.136. The Morgan fingerprint density at radius 3 is 2.94 bits per heavy atom. The van der Waals surface area contributed by atoms with Crippen LogP contribution in [0.4, 0.5) is 5.13 Å². The predicted molar refractivity (Wildman–Crippen MR) is 62.9 cm³/mol. The molecule has 0 bridgehead atoms. The van der Waals surface area contributed by atoms with Crippen LogP contribution in [0.1, 0.15) is 5.69 Å². The van der Waals surface area contributed by atoms with Crippen LogP contribution in [-0.4, -0.2) is 34.7 Å². The normalized spacial score (nSPS) is 11.3. The number of H-pyrrole nitrogens is 1. The summed E-state index contributed by atoms with van der Waals surface area (Å²) >= 11 is 1.02. The van der Waals surface area contributed by atoms with Crippen LogP contribution >= 0.6 is 11.3 Å². The second kappa shape index (κ2) is 4.74. The molecule has 0 amide bonds. The van der Waals surface area contributed by atoms with Crippen LogP contribution in [0.3, 0.4) is 0 Å². The van der Waals surface area contributed by atoms with Crippen molar-refractivity contribution in [2.45, 2.75) is 11.3 Å². The lowest BCUT2D eigenvalue weighted by Crippen LogP contribution is -2.12. The number of carboxylic acids is 1. The fourth-order valence-electron chi connectivity index (χ4n) is 1.15. The van der Waals surface area contributed by atoms with Crippen LogP contribution in [0, 0.1) is 0 Å². The summed E-state index contributed by atoms with van der Waals surface area (Å²) in [5.41, 5.74) is 0.303. The Morgan fingerprint density at radius 1 is 1.56 bits per heavy atom. The van der Waals surface area contributed by atoms with E-state index < -0.39 is 16.0 Å². The number of nitrogens with zero attached hydrogens (tertiary/aromatic N) is 2. The summed E-state index contributed by atoms with van der Waals surface area (Å²) < 4.78 is 25.8. The lowest BCUT2D eigenvalue weighted by Gasteiger charge is -2.00. The SMILES string of the molecule is O=C(O)Cc1csc(NS(=O)(=O)c2cn[nH]c2)n1. The van der Waals surface area contributed by atoms with Crippen molar-refractivity contribution in [2.24, 2.45) is 0 Å². The molecule has 0 fully saturated rings. The molecule has 2 aromatic heterocycles. The van der Waals surface area contributed by atoms with E-state index >= 15 is 0 Å². The van der Waals surface area contributed by atoms with Gasteiger partial charge in [0.15, 0.2) is 5.13 Å². The number of aliphatic carboxylic acids is 1. The van der Waals surface area contributed by atoms with E-state index in [1.165, 1.54) is 11.6 Å². The second-order valence-electron chi connectivity index (χ2n) is 3.25. The van der Waals surface area contributed by atoms with Gasteiger partial charge in [-0.1, -0.05) is 0 Å². The molecule has 96 valence electrons. The molecule has 0 radical (unpaired) electrons. The van der Waals surface area contributed by atoms with Gasteiger partial charge in [0, 0.05) is 11.6 Å². The largest absolute Gasteiger partial charge is 0.481 e. The maximum absolute atomic E-state index is 11.8. The Hall–Kier alpha value is -1.94. The van der Waals surface area contributed by atoms with E-state index in [2.05, 4.69) is 19.9 Å². The number of rotatable bonds is 5. The van der Waals surface area contributed by atoms with Crippen molar-refractivity contribution < 1.29 is 18.3 Å². The molecule has 10 heteroatoms. The van der Waals surface area contributed by atoms with Gasteiger partial charge in [0.1, 0.15) is 4.90 Å². The first-order valence-corrected chi connectivity index (χ1v) is 7.01. The average molecular weight is 288 g/mol. The molecule has 3 N–H and O–H groups in total. The fraction of sp³-hybridized carbons (Fsp3) is 0.125. The minimum atomic E-state index is -3.73. The molecule has 0 spiro atoms. The van der Waals surface area contributed by atoms with Crippen LogP contribution in [-0.2, 0) is 21.2 Å². The molecule has 18 heavy (non-hydrogen) atoms. The summed E-state index contributed by atoms with van der Waals surface area (Å²) in [6.07, 6.45) is 2.14. The second-order valence-corrected chi connectivity index (χ2v) is 5.79. The van der Waals surface area contributed by atoms with Gasteiger partial charge in [-0.2, -0.15) is 5.10 Å². The van der Waals surface area contributed by atoms with Crippen molar-refractivity contribution in [3.63, 3.8) is 0 Å². The van der Waals surface area contributed by atoms with Crippen molar-refractivity contribution in [3.05, 3.63) is 23.5 Å². The molecular weight excluding hydrogens is 280 g/mol. The van der Waals surface area contributed by atoms with Gasteiger partial charge in [-0.25, -0.2) is 13.4 Å². The highest BCUT2D eigenvalue weighted by atomic mass is 32.2. The molecule has 2 heterocycles. The van der Waals surface area contributed by atoms with Crippen LogP contribution in [0.5, 0.6) is 0 Å². The zero-order valence-electron chi connectivity index (χ0n) is 8.82. The number of anilines is 1. The third kappa shape index (κ3) is 2.84. The molecule has 0 aliphatic rings. The zero-order valence-corrected chi connectivity index (χ0v) is 10.5. The first kappa shape index (κ1) is 12.5. The summed E-state index contributed by atoms with van der Waals surface area (Å²) in [6.45, 7) is 0. The Bertz CT molecular complexity index is 646. The van der Waals surface area contributed by atoms with Gasteiger partial charge >= 0.3 is 5.97 Å². The van der Waals surface area contributed by atoms with Crippen molar-refractivity contribution >= 4 is 32.5 Å². The van der Waals surface area contributed by atoms with E-state index in [9.17, 15) is 13.2 Å². The van der Waals surface area contributed by atoms with Crippen LogP contribution < -0.4 is 4.72 Å². The summed E-state index contributed by atoms with van der Waals surface area (Å²) in [6, 6.07) is 0. The maximum Gasteiger partial charge on any atom is 0.309 e. The number of carbonyl (C=O) groups is 1. The molecule has 2 rings (SSSR count). The topological polar surface area (TPSA) is 125 Å². The highest BCUT2D eigenvalue weighted by Crippen LogP contribution is 2.19. The molecule has 0 saturated carbocycles. The smallest absolute Gasteiger partial charge is 0.309 e. The Balaban J connectivity index is 2.15. The quantitative estimate of drug-likeness (QED) is 0.726. The number of sulfonamides is 1. The van der Waals surface area contributed by atoms with Crippen molar-refractivity contribution in [1.82, 2.24) is 15.2 Å². The van der Waals surface area contributed by atoms with E-state index in [-0.39, 0.29) is 16.4 Å². The van der Waals surface area contributed by atoms with Crippen LogP contribution in [0.2, 0.25) is 0 Å². The number of aromatic nitrogens is 3. The molecular formula is C8H8N4O4S2. The molecule has 0 saturated heterocycles. The third-order valence-electron chi connectivity index (χ3n) is 1.89. The van der Waals surface area contributed by atoms with E-state index in [4.69, 9.17) is 5.11 Å². The predicted octanol–water partition coefficient (Wildman–Crippen LogP) is 0.294. The first-order chi connectivity index (χ1) is 8.47. The number of hydrogen-bond donors (Lipinski definition) is 3. The van der Waals surface area contributed by atoms with Gasteiger partial charge in [-0.15, -0.1) is 11.3 Å². The average Bonchev–Trinajstić information content (AvgIpc) is 2.87. The van der Waals surface area contributed by atoms with E-state index in [1.54, 1.807) is 0 Å². The minimum absolute atomic E-state index is 0.0162. The van der Waals surface area contributed by atoms with E-state index in [0.29, 0.717) is 5.69 Å². The standard InChI is InChI=1S/C8H8N4O4S2/c13-7(14)1-5-4-17-8(11-5)12-18(15,16)6-2-9-10-3-6/h2-4H,1H2,(H,9,10)(H,11,12)(H,13,14). The number of nitrogens with one attached hydrogen (secondary N) is 2. The van der Waals surface area contributed by atoms with Crippen LogP contribution in [0.25, 0.3) is 0 Å². The molecule has 0 aliphatic heterocycles. The monoisotopic (exact) mass is 288 g/mol. The molecule has 8 nitrogen and oxygen atoms in total. The van der Waals surface area contributed by atoms with Gasteiger partial charge in [-0.05, 0) is 0 Å². The van der Waals surface area contributed by atoms with Gasteiger partial charge in [-0.3, -0.25) is 14.6 Å². The van der Waals surface area contributed by atoms with Crippen LogP contribution in [0.15, 0.2) is 22.7 Å². The fourth-order valence-corrected chi connectivity index (χ4v) is 3.02. The lowest BCUT2D eigenvalue weighted by atomic mass is 10.3. The molecule has 2 aromatic rings. The van der Waals surface area contributed by atoms with Crippen molar-refractivity contribution in [1.29, 1.82) is 0 Å². The van der Waals surface area contributed by atoms with E-state index in [0.717, 1.165) is 17.5 Å². The molecule has 0 aromatic carbocycles. The number of aromatic amines is 1. The molecule has 0 unspecified atom stereocenters. The summed E-state index contributed by atoms with van der Waals surface area (Å²) in [5, 5.41) is 16.1. The van der Waals surface area contributed by atoms with Gasteiger partial charge in [0.05, 0.1) is 18.3 Å². The minimum Gasteiger partial charge on any atom is -0.481 e. The van der Waals surface area contributed by atoms with Crippen molar-refractivity contribution in [2.75, 3.05) is 4.72 Å². The number of hydrogen-bond acceptors (Lipinski definition) is 6. The molecule has 0 aliphatic carbocycles. The number of thiazole rings is 1. The summed E-state index contributed by atoms with van der Waals surface area (Å²) in [4.78, 5) is 14.3. The zero-order chi connectivity index (χ0) is 13.2. The summed E-state index contributed by atoms with van der Waals surface area (Å²) in [7, 11) is -3.73. The van der Waals surface area contributed by atoms with Gasteiger partial charge in [0.2, 0.25) is 0 Å². The number of carboxylic acid groups (broad SMARTS) is 1.